The Morgan fingerprint density at radius 3 is 2.29 bits per heavy atom. The van der Waals surface area contributed by atoms with Crippen LogP contribution in [0.3, 0.4) is 0 Å². The highest BCUT2D eigenvalue weighted by atomic mass is 16.4. The van der Waals surface area contributed by atoms with Crippen LogP contribution in [0.15, 0.2) is 0 Å². The van der Waals surface area contributed by atoms with E-state index in [1.165, 1.54) is 0 Å². The Bertz CT molecular complexity index is 72.6. The average Bonchev–Trinajstić information content (AvgIpc) is 1.65. The molecule has 0 heterocycles. The van der Waals surface area contributed by atoms with Crippen molar-refractivity contribution < 1.29 is 20.7 Å². The van der Waals surface area contributed by atoms with Crippen molar-refractivity contribution in [2.45, 2.75) is 6.04 Å². The van der Waals surface area contributed by atoms with Crippen LogP contribution in [0.5, 0.6) is 0 Å². The number of aliphatic hydroxyl groups excluding tert-OH is 1. The molecule has 7 heavy (non-hydrogen) atoms. The maximum Gasteiger partial charge on any atom is 0.364 e. The van der Waals surface area contributed by atoms with E-state index in [-0.39, 0.29) is 0 Å². The van der Waals surface area contributed by atoms with Crippen LogP contribution in [-0.2, 0) is 4.79 Å². The van der Waals surface area contributed by atoms with Gasteiger partial charge in [0.1, 0.15) is 6.61 Å². The summed E-state index contributed by atoms with van der Waals surface area (Å²) in [5.41, 5.74) is 3.11. The van der Waals surface area contributed by atoms with Gasteiger partial charge in [0, 0.05) is 0 Å². The van der Waals surface area contributed by atoms with Crippen LogP contribution < -0.4 is 5.73 Å². The molecule has 0 fully saturated rings. The highest BCUT2D eigenvalue weighted by molar-refractivity contribution is 5.71. The molecule has 0 saturated heterocycles. The second-order valence-electron chi connectivity index (χ2n) is 1.22. The molecule has 0 rings (SSSR count). The third-order valence-corrected chi connectivity index (χ3v) is 0.570. The fourth-order valence-corrected chi connectivity index (χ4v) is 0.0781. The number of carboxylic acids is 1. The van der Waals surface area contributed by atoms with Gasteiger partial charge in [-0.05, 0) is 0 Å². The van der Waals surface area contributed by atoms with Gasteiger partial charge in [0.25, 0.3) is 0 Å². The van der Waals surface area contributed by atoms with Crippen LogP contribution in [0.25, 0.3) is 0 Å². The van der Waals surface area contributed by atoms with Crippen molar-refractivity contribution in [3.8, 4) is 0 Å². The second kappa shape index (κ2) is 2.54. The van der Waals surface area contributed by atoms with Gasteiger partial charge in [-0.25, -0.2) is 4.79 Å². The lowest BCUT2D eigenvalue weighted by Gasteiger charge is -1.92. The number of hydrogen-bond donors (Lipinski definition) is 3. The number of aliphatic carboxylic acids is 1. The fourth-order valence-electron chi connectivity index (χ4n) is 0.0781. The molecule has 0 aromatic rings. The molecule has 0 radical (unpaired) electrons. The van der Waals surface area contributed by atoms with E-state index in [4.69, 9.17) is 10.2 Å². The molecule has 0 saturated carbocycles. The van der Waals surface area contributed by atoms with Crippen LogP contribution in [0, 0.1) is 0 Å². The average molecular weight is 106 g/mol. The predicted octanol–water partition coefficient (Wildman–Crippen LogP) is -2.33. The summed E-state index contributed by atoms with van der Waals surface area (Å²) < 4.78 is 0. The summed E-state index contributed by atoms with van der Waals surface area (Å²) in [5.74, 6) is -1.07. The molecule has 0 bridgehead atoms. The molecule has 0 aliphatic carbocycles. The molecule has 42 valence electrons. The van der Waals surface area contributed by atoms with Crippen LogP contribution in [0.2, 0.25) is 0 Å². The first kappa shape index (κ1) is 6.39. The summed E-state index contributed by atoms with van der Waals surface area (Å²) in [6.07, 6.45) is 0. The predicted molar refractivity (Wildman–Crippen MR) is 21.4 cm³/mol. The van der Waals surface area contributed by atoms with Gasteiger partial charge < -0.3 is 15.9 Å². The fraction of sp³-hybridized carbons (Fsp3) is 0.667. The highest BCUT2D eigenvalue weighted by Crippen LogP contribution is 1.67. The SMILES string of the molecule is [NH3+][C@H](CO)C(=O)O. The van der Waals surface area contributed by atoms with Crippen molar-refractivity contribution in [1.29, 1.82) is 0 Å². The molecule has 0 unspecified atom stereocenters. The van der Waals surface area contributed by atoms with Gasteiger partial charge in [-0.3, -0.25) is 0 Å². The van der Waals surface area contributed by atoms with Gasteiger partial charge in [-0.2, -0.15) is 0 Å². The zero-order valence-corrected chi connectivity index (χ0v) is 3.79. The lowest BCUT2D eigenvalue weighted by molar-refractivity contribution is -0.412. The summed E-state index contributed by atoms with van der Waals surface area (Å²) >= 11 is 0. The molecule has 1 atom stereocenters. The van der Waals surface area contributed by atoms with Crippen molar-refractivity contribution in [1.82, 2.24) is 0 Å². The molecular formula is C3H8NO3+. The van der Waals surface area contributed by atoms with E-state index in [0.29, 0.717) is 0 Å². The Kier molecular flexibility index (Phi) is 2.32. The number of hydrogen-bond acceptors (Lipinski definition) is 2. The normalized spacial score (nSPS) is 13.4. The molecule has 0 aromatic heterocycles. The number of carbonyl (C=O) groups is 1. The number of aliphatic hydroxyl groups is 1. The maximum absolute atomic E-state index is 9.71. The zero-order chi connectivity index (χ0) is 5.86. The number of rotatable bonds is 2. The Hall–Kier alpha value is -0.610. The Morgan fingerprint density at radius 1 is 1.86 bits per heavy atom. The van der Waals surface area contributed by atoms with Crippen molar-refractivity contribution in [2.75, 3.05) is 6.61 Å². The molecule has 0 aliphatic rings. The molecule has 5 N–H and O–H groups in total. The Balaban J connectivity index is 3.34. The van der Waals surface area contributed by atoms with Gasteiger partial charge in [0.2, 0.25) is 6.04 Å². The Labute approximate surface area is 40.6 Å². The van der Waals surface area contributed by atoms with E-state index in [0.717, 1.165) is 0 Å². The summed E-state index contributed by atoms with van der Waals surface area (Å²) in [6.45, 7) is -0.394. The lowest BCUT2D eigenvalue weighted by atomic mass is 10.3. The summed E-state index contributed by atoms with van der Waals surface area (Å²) in [5, 5.41) is 16.0. The van der Waals surface area contributed by atoms with Crippen LogP contribution in [-0.4, -0.2) is 28.8 Å². The highest BCUT2D eigenvalue weighted by Gasteiger charge is 2.11. The van der Waals surface area contributed by atoms with Crippen molar-refractivity contribution in [3.05, 3.63) is 0 Å². The molecule has 0 aromatic carbocycles. The third kappa shape index (κ3) is 2.13. The largest absolute Gasteiger partial charge is 0.477 e. The smallest absolute Gasteiger partial charge is 0.364 e. The maximum atomic E-state index is 9.71. The summed E-state index contributed by atoms with van der Waals surface area (Å²) in [6, 6.07) is -0.875. The van der Waals surface area contributed by atoms with E-state index in [1.807, 2.05) is 0 Å². The van der Waals surface area contributed by atoms with Crippen LogP contribution in [0.1, 0.15) is 0 Å². The topological polar surface area (TPSA) is 85.2 Å². The molecule has 0 amide bonds. The van der Waals surface area contributed by atoms with Crippen LogP contribution >= 0.6 is 0 Å². The van der Waals surface area contributed by atoms with E-state index < -0.39 is 18.6 Å². The van der Waals surface area contributed by atoms with Gasteiger partial charge in [-0.15, -0.1) is 0 Å². The molecule has 0 spiro atoms. The number of quaternary nitrogens is 1. The van der Waals surface area contributed by atoms with Crippen molar-refractivity contribution in [2.24, 2.45) is 0 Å². The summed E-state index contributed by atoms with van der Waals surface area (Å²) in [4.78, 5) is 9.71. The summed E-state index contributed by atoms with van der Waals surface area (Å²) in [7, 11) is 0. The van der Waals surface area contributed by atoms with E-state index in [9.17, 15) is 4.79 Å². The van der Waals surface area contributed by atoms with E-state index in [1.54, 1.807) is 0 Å². The molecule has 4 nitrogen and oxygen atoms in total. The van der Waals surface area contributed by atoms with Gasteiger partial charge in [0.05, 0.1) is 0 Å². The molecule has 4 heteroatoms. The zero-order valence-electron chi connectivity index (χ0n) is 3.79. The van der Waals surface area contributed by atoms with Crippen molar-refractivity contribution in [3.63, 3.8) is 0 Å². The van der Waals surface area contributed by atoms with Crippen LogP contribution in [0.4, 0.5) is 0 Å². The third-order valence-electron chi connectivity index (χ3n) is 0.570. The standard InChI is InChI=1S/C3H7NO3/c4-2(1-5)3(6)7/h2,5H,1,4H2,(H,6,7)/p+1/t2-/m1/s1. The van der Waals surface area contributed by atoms with E-state index >= 15 is 0 Å². The minimum atomic E-state index is -1.07. The molecule has 0 aliphatic heterocycles. The minimum absolute atomic E-state index is 0.394. The second-order valence-corrected chi connectivity index (χ2v) is 1.22. The van der Waals surface area contributed by atoms with E-state index in [2.05, 4.69) is 5.73 Å². The van der Waals surface area contributed by atoms with Gasteiger partial charge >= 0.3 is 5.97 Å². The quantitative estimate of drug-likeness (QED) is 0.369. The number of carboxylic acid groups (broad SMARTS) is 1. The lowest BCUT2D eigenvalue weighted by Crippen LogP contribution is -2.66. The van der Waals surface area contributed by atoms with Gasteiger partial charge in [0.15, 0.2) is 0 Å². The minimum Gasteiger partial charge on any atom is -0.477 e. The first-order chi connectivity index (χ1) is 3.18. The monoisotopic (exact) mass is 106 g/mol. The van der Waals surface area contributed by atoms with Gasteiger partial charge in [-0.1, -0.05) is 0 Å². The molecular weight excluding hydrogens is 98.0 g/mol. The first-order valence-corrected chi connectivity index (χ1v) is 1.85. The first-order valence-electron chi connectivity index (χ1n) is 1.85. The van der Waals surface area contributed by atoms with Crippen molar-refractivity contribution >= 4 is 5.97 Å². The Morgan fingerprint density at radius 2 is 2.29 bits per heavy atom.